The third kappa shape index (κ3) is 3.54. The van der Waals surface area contributed by atoms with E-state index < -0.39 is 0 Å². The monoisotopic (exact) mass is 182 g/mol. The predicted octanol–water partition coefficient (Wildman–Crippen LogP) is 4.81. The highest BCUT2D eigenvalue weighted by molar-refractivity contribution is 5.01. The van der Waals surface area contributed by atoms with Crippen molar-refractivity contribution < 1.29 is 0 Å². The molecule has 78 valence electrons. The van der Waals surface area contributed by atoms with Crippen molar-refractivity contribution in [1.29, 1.82) is 0 Å². The molecule has 0 bridgehead atoms. The molecule has 0 nitrogen and oxygen atoms in total. The van der Waals surface area contributed by atoms with Crippen LogP contribution < -0.4 is 0 Å². The van der Waals surface area contributed by atoms with E-state index in [0.717, 1.165) is 0 Å². The summed E-state index contributed by atoms with van der Waals surface area (Å²) >= 11 is 0. The van der Waals surface area contributed by atoms with Crippen molar-refractivity contribution >= 4 is 0 Å². The van der Waals surface area contributed by atoms with Gasteiger partial charge in [0.1, 0.15) is 0 Å². The summed E-state index contributed by atoms with van der Waals surface area (Å²) < 4.78 is 0. The molecule has 0 spiro atoms. The van der Waals surface area contributed by atoms with Crippen LogP contribution in [0.4, 0.5) is 0 Å². The second kappa shape index (κ2) is 5.47. The van der Waals surface area contributed by atoms with E-state index in [-0.39, 0.29) is 0 Å². The zero-order valence-corrected chi connectivity index (χ0v) is 10.1. The maximum absolute atomic E-state index is 4.09. The average molecular weight is 182 g/mol. The molecule has 13 heavy (non-hydrogen) atoms. The van der Waals surface area contributed by atoms with Crippen molar-refractivity contribution in [3.05, 3.63) is 12.2 Å². The van der Waals surface area contributed by atoms with Crippen molar-refractivity contribution in [3.63, 3.8) is 0 Å². The summed E-state index contributed by atoms with van der Waals surface area (Å²) in [6, 6.07) is 0. The van der Waals surface area contributed by atoms with Gasteiger partial charge in [0.05, 0.1) is 0 Å². The topological polar surface area (TPSA) is 0 Å². The average Bonchev–Trinajstić information content (AvgIpc) is 2.03. The lowest BCUT2D eigenvalue weighted by Crippen LogP contribution is -2.25. The van der Waals surface area contributed by atoms with Crippen molar-refractivity contribution in [3.8, 4) is 0 Å². The van der Waals surface area contributed by atoms with Crippen LogP contribution in [0.1, 0.15) is 60.3 Å². The molecule has 1 atom stereocenters. The van der Waals surface area contributed by atoms with Gasteiger partial charge in [0.2, 0.25) is 0 Å². The molecule has 0 heteroatoms. The second-order valence-electron chi connectivity index (χ2n) is 4.72. The predicted molar refractivity (Wildman–Crippen MR) is 61.9 cm³/mol. The Kier molecular flexibility index (Phi) is 5.36. The minimum atomic E-state index is 0.481. The van der Waals surface area contributed by atoms with E-state index in [2.05, 4.69) is 41.2 Å². The maximum atomic E-state index is 4.09. The van der Waals surface area contributed by atoms with Crippen molar-refractivity contribution in [2.75, 3.05) is 0 Å². The van der Waals surface area contributed by atoms with E-state index in [1.54, 1.807) is 0 Å². The van der Waals surface area contributed by atoms with Gasteiger partial charge in [-0.05, 0) is 31.1 Å². The van der Waals surface area contributed by atoms with Crippen LogP contribution >= 0.6 is 0 Å². The molecule has 0 heterocycles. The first-order valence-electron chi connectivity index (χ1n) is 5.63. The summed E-state index contributed by atoms with van der Waals surface area (Å²) in [4.78, 5) is 0. The summed E-state index contributed by atoms with van der Waals surface area (Å²) in [5.74, 6) is 0.660. The first-order chi connectivity index (χ1) is 5.98. The van der Waals surface area contributed by atoms with Crippen LogP contribution in [-0.2, 0) is 0 Å². The second-order valence-corrected chi connectivity index (χ2v) is 4.72. The minimum absolute atomic E-state index is 0.481. The van der Waals surface area contributed by atoms with Crippen molar-refractivity contribution in [1.82, 2.24) is 0 Å². The van der Waals surface area contributed by atoms with E-state index in [1.165, 1.54) is 31.3 Å². The molecule has 0 saturated heterocycles. The molecule has 0 rings (SSSR count). The van der Waals surface area contributed by atoms with Crippen LogP contribution in [0.15, 0.2) is 12.2 Å². The summed E-state index contributed by atoms with van der Waals surface area (Å²) in [7, 11) is 0. The Morgan fingerprint density at radius 3 is 1.85 bits per heavy atom. The third-order valence-electron chi connectivity index (χ3n) is 3.43. The van der Waals surface area contributed by atoms with E-state index in [4.69, 9.17) is 0 Å². The van der Waals surface area contributed by atoms with E-state index in [0.29, 0.717) is 11.3 Å². The van der Waals surface area contributed by atoms with Crippen molar-refractivity contribution in [2.45, 2.75) is 60.3 Å². The molecule has 0 saturated carbocycles. The zero-order chi connectivity index (χ0) is 10.5. The molecule has 0 fully saturated rings. The minimum Gasteiger partial charge on any atom is -0.0999 e. The van der Waals surface area contributed by atoms with E-state index >= 15 is 0 Å². The van der Waals surface area contributed by atoms with Gasteiger partial charge in [-0.1, -0.05) is 52.7 Å². The Bertz CT molecular complexity index is 149. The Hall–Kier alpha value is -0.260. The number of allylic oxidation sites excluding steroid dienone is 1. The van der Waals surface area contributed by atoms with E-state index in [9.17, 15) is 0 Å². The highest BCUT2D eigenvalue weighted by Gasteiger charge is 2.29. The van der Waals surface area contributed by atoms with Gasteiger partial charge in [-0.3, -0.25) is 0 Å². The van der Waals surface area contributed by atoms with Gasteiger partial charge in [0.25, 0.3) is 0 Å². The lowest BCUT2D eigenvalue weighted by molar-refractivity contribution is 0.190. The zero-order valence-electron chi connectivity index (χ0n) is 10.1. The van der Waals surface area contributed by atoms with Crippen LogP contribution in [0.3, 0.4) is 0 Å². The van der Waals surface area contributed by atoms with Crippen LogP contribution in [0.5, 0.6) is 0 Å². The quantitative estimate of drug-likeness (QED) is 0.517. The lowest BCUT2D eigenvalue weighted by atomic mass is 9.69. The summed E-state index contributed by atoms with van der Waals surface area (Å²) in [5, 5.41) is 0. The van der Waals surface area contributed by atoms with Crippen LogP contribution in [0, 0.1) is 11.3 Å². The highest BCUT2D eigenvalue weighted by Crippen LogP contribution is 2.40. The molecular formula is C13H26. The number of rotatable bonds is 6. The standard InChI is InChI=1S/C13H26/c1-7-9-13(6,10-8-2)12(5)11(3)4/h12H,3,7-10H2,1-2,4-6H3. The highest BCUT2D eigenvalue weighted by atomic mass is 14.3. The summed E-state index contributed by atoms with van der Waals surface area (Å²) in [6.45, 7) is 15.5. The Morgan fingerprint density at radius 2 is 1.62 bits per heavy atom. The lowest BCUT2D eigenvalue weighted by Gasteiger charge is -2.36. The molecule has 0 aliphatic heterocycles. The molecular weight excluding hydrogens is 156 g/mol. The Labute approximate surface area is 84.4 Å². The fourth-order valence-electron chi connectivity index (χ4n) is 2.30. The maximum Gasteiger partial charge on any atom is -0.0183 e. The molecule has 0 N–H and O–H groups in total. The van der Waals surface area contributed by atoms with Gasteiger partial charge in [-0.25, -0.2) is 0 Å². The van der Waals surface area contributed by atoms with Crippen LogP contribution in [-0.4, -0.2) is 0 Å². The van der Waals surface area contributed by atoms with E-state index in [1.807, 2.05) is 0 Å². The number of hydrogen-bond donors (Lipinski definition) is 0. The molecule has 0 aliphatic rings. The van der Waals surface area contributed by atoms with Gasteiger partial charge >= 0.3 is 0 Å². The van der Waals surface area contributed by atoms with Gasteiger partial charge < -0.3 is 0 Å². The largest absolute Gasteiger partial charge is 0.0999 e. The SMILES string of the molecule is C=C(C)C(C)C(C)(CCC)CCC. The molecule has 0 aromatic rings. The van der Waals surface area contributed by atoms with Gasteiger partial charge in [-0.15, -0.1) is 0 Å². The summed E-state index contributed by atoms with van der Waals surface area (Å²) in [5.41, 5.74) is 1.82. The summed E-state index contributed by atoms with van der Waals surface area (Å²) in [6.07, 6.45) is 5.23. The fourth-order valence-corrected chi connectivity index (χ4v) is 2.30. The van der Waals surface area contributed by atoms with Gasteiger partial charge in [0, 0.05) is 0 Å². The molecule has 0 aliphatic carbocycles. The van der Waals surface area contributed by atoms with Gasteiger partial charge in [0.15, 0.2) is 0 Å². The fraction of sp³-hybridized carbons (Fsp3) is 0.846. The van der Waals surface area contributed by atoms with Crippen LogP contribution in [0.2, 0.25) is 0 Å². The Morgan fingerprint density at radius 1 is 1.23 bits per heavy atom. The Balaban J connectivity index is 4.45. The molecule has 0 aromatic carbocycles. The number of hydrogen-bond acceptors (Lipinski definition) is 0. The van der Waals surface area contributed by atoms with Gasteiger partial charge in [-0.2, -0.15) is 0 Å². The van der Waals surface area contributed by atoms with Crippen molar-refractivity contribution in [2.24, 2.45) is 11.3 Å². The van der Waals surface area contributed by atoms with Crippen LogP contribution in [0.25, 0.3) is 0 Å². The molecule has 0 radical (unpaired) electrons. The first-order valence-corrected chi connectivity index (χ1v) is 5.63. The smallest absolute Gasteiger partial charge is 0.0183 e. The molecule has 0 amide bonds. The molecule has 1 unspecified atom stereocenters. The first kappa shape index (κ1) is 12.7. The third-order valence-corrected chi connectivity index (χ3v) is 3.43. The normalized spacial score (nSPS) is 14.2. The molecule has 0 aromatic heterocycles.